The van der Waals surface area contributed by atoms with Crippen molar-refractivity contribution in [1.82, 2.24) is 10.2 Å². The number of piperidine rings is 1. The molecule has 0 saturated carbocycles. The number of likely N-dealkylation sites (tertiary alicyclic amines) is 1. The fourth-order valence-corrected chi connectivity index (χ4v) is 4.55. The number of benzene rings is 1. The van der Waals surface area contributed by atoms with Crippen molar-refractivity contribution in [3.8, 4) is 11.1 Å². The Morgan fingerprint density at radius 2 is 1.89 bits per heavy atom. The van der Waals surface area contributed by atoms with Gasteiger partial charge in [-0.05, 0) is 55.1 Å². The van der Waals surface area contributed by atoms with E-state index in [1.54, 1.807) is 6.26 Å². The number of nitrogens with zero attached hydrogens (tertiary/aromatic N) is 1. The van der Waals surface area contributed by atoms with E-state index in [4.69, 9.17) is 4.42 Å². The molecule has 4 rings (SSSR count). The topological polar surface area (TPSA) is 45.5 Å². The fraction of sp³-hybridized carbons (Fsp3) is 0.318. The highest BCUT2D eigenvalue weighted by atomic mass is 32.1. The number of furan rings is 1. The second-order valence-electron chi connectivity index (χ2n) is 6.87. The summed E-state index contributed by atoms with van der Waals surface area (Å²) in [5.74, 6) is 0.907. The maximum absolute atomic E-state index is 12.9. The lowest BCUT2D eigenvalue weighted by Gasteiger charge is -2.33. The normalized spacial score (nSPS) is 16.1. The molecule has 1 aliphatic heterocycles. The number of thiophene rings is 1. The number of amides is 1. The molecule has 27 heavy (non-hydrogen) atoms. The molecule has 140 valence electrons. The summed E-state index contributed by atoms with van der Waals surface area (Å²) in [4.78, 5) is 16.1. The quantitative estimate of drug-likeness (QED) is 0.657. The zero-order valence-corrected chi connectivity index (χ0v) is 16.1. The second-order valence-corrected chi connectivity index (χ2v) is 7.78. The van der Waals surface area contributed by atoms with Crippen LogP contribution in [0.2, 0.25) is 0 Å². The van der Waals surface area contributed by atoms with Crippen LogP contribution in [0.4, 0.5) is 0 Å². The van der Waals surface area contributed by atoms with E-state index < -0.39 is 0 Å². The van der Waals surface area contributed by atoms with Crippen molar-refractivity contribution in [1.29, 1.82) is 0 Å². The molecule has 1 aliphatic rings. The van der Waals surface area contributed by atoms with Crippen LogP contribution in [0, 0.1) is 0 Å². The van der Waals surface area contributed by atoms with E-state index >= 15 is 0 Å². The molecule has 2 aromatic heterocycles. The van der Waals surface area contributed by atoms with Gasteiger partial charge in [0, 0.05) is 12.1 Å². The highest BCUT2D eigenvalue weighted by Gasteiger charge is 2.25. The van der Waals surface area contributed by atoms with Crippen LogP contribution in [0.3, 0.4) is 0 Å². The van der Waals surface area contributed by atoms with Crippen molar-refractivity contribution < 1.29 is 9.21 Å². The van der Waals surface area contributed by atoms with Crippen LogP contribution in [-0.4, -0.2) is 30.4 Å². The number of hydrogen-bond acceptors (Lipinski definition) is 4. The van der Waals surface area contributed by atoms with Crippen LogP contribution >= 0.6 is 11.3 Å². The smallest absolute Gasteiger partial charge is 0.262 e. The van der Waals surface area contributed by atoms with Gasteiger partial charge in [0.1, 0.15) is 5.76 Å². The zero-order chi connectivity index (χ0) is 18.5. The Bertz CT molecular complexity index is 852. The number of rotatable bonds is 6. The van der Waals surface area contributed by atoms with Gasteiger partial charge in [-0.25, -0.2) is 0 Å². The summed E-state index contributed by atoms with van der Waals surface area (Å²) >= 11 is 1.49. The largest absolute Gasteiger partial charge is 0.468 e. The molecule has 1 atom stereocenters. The molecule has 3 heterocycles. The molecule has 4 nitrogen and oxygen atoms in total. The summed E-state index contributed by atoms with van der Waals surface area (Å²) in [5, 5.41) is 5.13. The van der Waals surface area contributed by atoms with Crippen LogP contribution in [0.5, 0.6) is 0 Å². The van der Waals surface area contributed by atoms with Gasteiger partial charge in [0.15, 0.2) is 0 Å². The van der Waals surface area contributed by atoms with E-state index in [1.165, 1.54) is 30.6 Å². The van der Waals surface area contributed by atoms with Crippen molar-refractivity contribution in [3.63, 3.8) is 0 Å². The van der Waals surface area contributed by atoms with Gasteiger partial charge in [0.05, 0.1) is 17.2 Å². The van der Waals surface area contributed by atoms with Gasteiger partial charge in [-0.3, -0.25) is 9.69 Å². The molecule has 0 spiro atoms. The Labute approximate surface area is 163 Å². The van der Waals surface area contributed by atoms with Gasteiger partial charge < -0.3 is 9.73 Å². The summed E-state index contributed by atoms with van der Waals surface area (Å²) in [6, 6.07) is 16.1. The summed E-state index contributed by atoms with van der Waals surface area (Å²) in [7, 11) is 0. The first-order valence-electron chi connectivity index (χ1n) is 9.51. The van der Waals surface area contributed by atoms with E-state index in [0.717, 1.165) is 34.9 Å². The standard InChI is InChI=1S/C22H24N2O2S/c25-22(21-18(11-15-27-21)17-8-3-1-4-9-17)23-16-19(20-10-7-14-26-20)24-12-5-2-6-13-24/h1,3-4,7-11,14-15,19H,2,5-6,12-13,16H2,(H,23,25). The average molecular weight is 381 g/mol. The van der Waals surface area contributed by atoms with E-state index in [2.05, 4.69) is 10.2 Å². The summed E-state index contributed by atoms with van der Waals surface area (Å²) in [5.41, 5.74) is 2.06. The first-order valence-corrected chi connectivity index (χ1v) is 10.4. The number of hydrogen-bond donors (Lipinski definition) is 1. The number of carbonyl (C=O) groups excluding carboxylic acids is 1. The number of nitrogens with one attached hydrogen (secondary N) is 1. The summed E-state index contributed by atoms with van der Waals surface area (Å²) in [6.45, 7) is 2.66. The average Bonchev–Trinajstić information content (AvgIpc) is 3.42. The lowest BCUT2D eigenvalue weighted by Crippen LogP contribution is -2.40. The fourth-order valence-electron chi connectivity index (χ4n) is 3.72. The van der Waals surface area contributed by atoms with Crippen LogP contribution < -0.4 is 5.32 Å². The molecule has 1 saturated heterocycles. The first kappa shape index (κ1) is 18.0. The van der Waals surface area contributed by atoms with Gasteiger partial charge in [-0.2, -0.15) is 0 Å². The van der Waals surface area contributed by atoms with Gasteiger partial charge in [0.2, 0.25) is 0 Å². The predicted molar refractivity (Wildman–Crippen MR) is 109 cm³/mol. The zero-order valence-electron chi connectivity index (χ0n) is 15.3. The van der Waals surface area contributed by atoms with Crippen LogP contribution in [0.25, 0.3) is 11.1 Å². The second kappa shape index (κ2) is 8.55. The minimum absolute atomic E-state index is 0.0163. The third kappa shape index (κ3) is 4.15. The third-order valence-electron chi connectivity index (χ3n) is 5.12. The lowest BCUT2D eigenvalue weighted by molar-refractivity contribution is 0.0918. The molecule has 1 aromatic carbocycles. The molecule has 1 unspecified atom stereocenters. The first-order chi connectivity index (χ1) is 13.3. The van der Waals surface area contributed by atoms with Gasteiger partial charge in [-0.1, -0.05) is 36.8 Å². The highest BCUT2D eigenvalue weighted by Crippen LogP contribution is 2.29. The van der Waals surface area contributed by atoms with Crippen LogP contribution in [0.15, 0.2) is 64.6 Å². The third-order valence-corrected chi connectivity index (χ3v) is 6.03. The molecule has 1 fully saturated rings. The molecule has 3 aromatic rings. The molecule has 0 radical (unpaired) electrons. The van der Waals surface area contributed by atoms with Crippen LogP contribution in [0.1, 0.15) is 40.7 Å². The maximum atomic E-state index is 12.9. The SMILES string of the molecule is O=C(NCC(c1ccco1)N1CCCCC1)c1sccc1-c1ccccc1. The Morgan fingerprint density at radius 3 is 2.63 bits per heavy atom. The van der Waals surface area contributed by atoms with Crippen LogP contribution in [-0.2, 0) is 0 Å². The molecule has 1 N–H and O–H groups in total. The Balaban J connectivity index is 1.48. The monoisotopic (exact) mass is 380 g/mol. The predicted octanol–water partition coefficient (Wildman–Crippen LogP) is 4.97. The van der Waals surface area contributed by atoms with Crippen molar-refractivity contribution in [2.75, 3.05) is 19.6 Å². The van der Waals surface area contributed by atoms with Crippen molar-refractivity contribution in [2.24, 2.45) is 0 Å². The minimum atomic E-state index is -0.0163. The van der Waals surface area contributed by atoms with Crippen molar-refractivity contribution in [3.05, 3.63) is 70.8 Å². The van der Waals surface area contributed by atoms with E-state index in [0.29, 0.717) is 6.54 Å². The summed E-state index contributed by atoms with van der Waals surface area (Å²) < 4.78 is 5.67. The Morgan fingerprint density at radius 1 is 1.07 bits per heavy atom. The molecular formula is C22H24N2O2S. The molecule has 0 bridgehead atoms. The Hall–Kier alpha value is -2.37. The number of carbonyl (C=O) groups is 1. The van der Waals surface area contributed by atoms with E-state index in [9.17, 15) is 4.79 Å². The molecule has 0 aliphatic carbocycles. The van der Waals surface area contributed by atoms with Crippen molar-refractivity contribution >= 4 is 17.2 Å². The van der Waals surface area contributed by atoms with Crippen molar-refractivity contribution in [2.45, 2.75) is 25.3 Å². The van der Waals surface area contributed by atoms with Gasteiger partial charge in [-0.15, -0.1) is 11.3 Å². The van der Waals surface area contributed by atoms with E-state index in [-0.39, 0.29) is 11.9 Å². The molecular weight excluding hydrogens is 356 g/mol. The lowest BCUT2D eigenvalue weighted by atomic mass is 10.1. The van der Waals surface area contributed by atoms with Gasteiger partial charge >= 0.3 is 0 Å². The molecule has 1 amide bonds. The molecule has 5 heteroatoms. The highest BCUT2D eigenvalue weighted by molar-refractivity contribution is 7.12. The van der Waals surface area contributed by atoms with E-state index in [1.807, 2.05) is 53.9 Å². The minimum Gasteiger partial charge on any atom is -0.468 e. The summed E-state index contributed by atoms with van der Waals surface area (Å²) in [6.07, 6.45) is 5.40. The maximum Gasteiger partial charge on any atom is 0.262 e. The van der Waals surface area contributed by atoms with Gasteiger partial charge in [0.25, 0.3) is 5.91 Å². The Kier molecular flexibility index (Phi) is 5.70.